The number of imide groups is 1. The average molecular weight is 334 g/mol. The molecule has 0 fully saturated rings. The van der Waals surface area contributed by atoms with Gasteiger partial charge in [-0.05, 0) is 12.8 Å². The van der Waals surface area contributed by atoms with Gasteiger partial charge in [0.1, 0.15) is 11.8 Å². The summed E-state index contributed by atoms with van der Waals surface area (Å²) >= 11 is 0. The van der Waals surface area contributed by atoms with Crippen molar-refractivity contribution in [2.75, 3.05) is 7.11 Å². The van der Waals surface area contributed by atoms with Crippen molar-refractivity contribution in [1.29, 1.82) is 0 Å². The van der Waals surface area contributed by atoms with E-state index in [2.05, 4.69) is 11.2 Å². The minimum Gasteiger partial charge on any atom is -0.499 e. The Labute approximate surface area is 143 Å². The monoisotopic (exact) mass is 334 g/mol. The van der Waals surface area contributed by atoms with E-state index in [9.17, 15) is 14.4 Å². The first-order valence-corrected chi connectivity index (χ1v) is 8.35. The van der Waals surface area contributed by atoms with Crippen molar-refractivity contribution < 1.29 is 19.1 Å². The highest BCUT2D eigenvalue weighted by molar-refractivity contribution is 6.06. The van der Waals surface area contributed by atoms with Gasteiger partial charge >= 0.3 is 0 Å². The number of methoxy groups -OCH3 is 1. The predicted molar refractivity (Wildman–Crippen MR) is 90.5 cm³/mol. The summed E-state index contributed by atoms with van der Waals surface area (Å²) in [6.07, 6.45) is 9.58. The molecule has 0 bridgehead atoms. The number of nitrogens with zero attached hydrogens (tertiary/aromatic N) is 1. The van der Waals surface area contributed by atoms with E-state index in [1.54, 1.807) is 0 Å². The molecule has 0 radical (unpaired) electrons. The molecule has 6 heteroatoms. The Balaban J connectivity index is 2.90. The molecule has 0 unspecified atom stereocenters. The van der Waals surface area contributed by atoms with E-state index < -0.39 is 23.9 Å². The normalized spacial score (nSPS) is 17.9. The summed E-state index contributed by atoms with van der Waals surface area (Å²) in [6, 6.07) is -1.13. The van der Waals surface area contributed by atoms with Gasteiger partial charge in [-0.3, -0.25) is 19.3 Å². The molecule has 1 aliphatic heterocycles. The van der Waals surface area contributed by atoms with Crippen molar-refractivity contribution in [3.05, 3.63) is 11.8 Å². The van der Waals surface area contributed by atoms with E-state index in [1.165, 1.54) is 18.1 Å². The molecule has 0 aromatic rings. The third-order valence-electron chi connectivity index (χ3n) is 3.89. The molecule has 1 aliphatic rings. The molecule has 6 nitrogen and oxygen atoms in total. The minimum absolute atomic E-state index is 0.165. The number of terminal acetylenes is 1. The maximum atomic E-state index is 12.9. The molecule has 0 saturated heterocycles. The van der Waals surface area contributed by atoms with E-state index in [0.29, 0.717) is 31.4 Å². The first-order chi connectivity index (χ1) is 11.5. The van der Waals surface area contributed by atoms with Crippen LogP contribution >= 0.6 is 0 Å². The number of hydrogen-bond acceptors (Lipinski definition) is 4. The van der Waals surface area contributed by atoms with Crippen LogP contribution in [0.3, 0.4) is 0 Å². The number of hydrogen-bond donors (Lipinski definition) is 1. The standard InChI is InChI=1S/C18H26N2O4/c1-5-8-11-16(21)19-13(9-6-2)18(23)20-14(10-7-3)15(24-4)12-17(20)22/h1,12-14H,6-11H2,2-4H3,(H,19,21)/t13-,14-/m0/s1. The second kappa shape index (κ2) is 9.76. The van der Waals surface area contributed by atoms with Crippen LogP contribution in [-0.2, 0) is 19.1 Å². The summed E-state index contributed by atoms with van der Waals surface area (Å²) in [6.45, 7) is 3.89. The Kier molecular flexibility index (Phi) is 8.03. The molecular formula is C18H26N2O4. The second-order valence-electron chi connectivity index (χ2n) is 5.71. The molecule has 1 rings (SSSR count). The lowest BCUT2D eigenvalue weighted by Gasteiger charge is -2.28. The topological polar surface area (TPSA) is 75.7 Å². The highest BCUT2D eigenvalue weighted by Gasteiger charge is 2.40. The van der Waals surface area contributed by atoms with Crippen molar-refractivity contribution in [3.8, 4) is 12.3 Å². The molecule has 24 heavy (non-hydrogen) atoms. The second-order valence-corrected chi connectivity index (χ2v) is 5.71. The number of carbonyl (C=O) groups excluding carboxylic acids is 3. The zero-order valence-electron chi connectivity index (χ0n) is 14.6. The van der Waals surface area contributed by atoms with Gasteiger partial charge in [0.2, 0.25) is 5.91 Å². The zero-order valence-corrected chi connectivity index (χ0v) is 14.6. The van der Waals surface area contributed by atoms with Gasteiger partial charge in [-0.2, -0.15) is 0 Å². The van der Waals surface area contributed by atoms with Gasteiger partial charge in [0.15, 0.2) is 0 Å². The molecule has 2 atom stereocenters. The van der Waals surface area contributed by atoms with Crippen LogP contribution in [0.2, 0.25) is 0 Å². The summed E-state index contributed by atoms with van der Waals surface area (Å²) in [5.41, 5.74) is 0. The molecule has 3 amide bonds. The molecular weight excluding hydrogens is 308 g/mol. The zero-order chi connectivity index (χ0) is 18.1. The summed E-state index contributed by atoms with van der Waals surface area (Å²) < 4.78 is 5.24. The number of nitrogens with one attached hydrogen (secondary N) is 1. The Hall–Kier alpha value is -2.29. The van der Waals surface area contributed by atoms with Gasteiger partial charge in [0.25, 0.3) is 11.8 Å². The van der Waals surface area contributed by atoms with E-state index in [4.69, 9.17) is 11.2 Å². The number of ether oxygens (including phenoxy) is 1. The van der Waals surface area contributed by atoms with Crippen LogP contribution in [0.5, 0.6) is 0 Å². The van der Waals surface area contributed by atoms with Gasteiger partial charge in [-0.15, -0.1) is 12.3 Å². The van der Waals surface area contributed by atoms with Crippen LogP contribution < -0.4 is 5.32 Å². The van der Waals surface area contributed by atoms with Crippen LogP contribution in [0, 0.1) is 12.3 Å². The van der Waals surface area contributed by atoms with Gasteiger partial charge in [-0.25, -0.2) is 0 Å². The Morgan fingerprint density at radius 1 is 1.42 bits per heavy atom. The number of amides is 3. The largest absolute Gasteiger partial charge is 0.499 e. The lowest BCUT2D eigenvalue weighted by molar-refractivity contribution is -0.146. The highest BCUT2D eigenvalue weighted by Crippen LogP contribution is 2.25. The van der Waals surface area contributed by atoms with Crippen molar-refractivity contribution in [3.63, 3.8) is 0 Å². The maximum Gasteiger partial charge on any atom is 0.257 e. The molecule has 1 heterocycles. The van der Waals surface area contributed by atoms with Crippen molar-refractivity contribution >= 4 is 17.7 Å². The predicted octanol–water partition coefficient (Wildman–Crippen LogP) is 1.75. The minimum atomic E-state index is -0.729. The van der Waals surface area contributed by atoms with Crippen LogP contribution in [-0.4, -0.2) is 41.8 Å². The Morgan fingerprint density at radius 3 is 2.67 bits per heavy atom. The third kappa shape index (κ3) is 4.85. The molecule has 132 valence electrons. The average Bonchev–Trinajstić information content (AvgIpc) is 2.87. The molecule has 0 aromatic heterocycles. The van der Waals surface area contributed by atoms with Crippen LogP contribution in [0.1, 0.15) is 52.4 Å². The number of carbonyl (C=O) groups is 3. The van der Waals surface area contributed by atoms with E-state index in [0.717, 1.165) is 6.42 Å². The highest BCUT2D eigenvalue weighted by atomic mass is 16.5. The van der Waals surface area contributed by atoms with E-state index in [1.807, 2.05) is 13.8 Å². The molecule has 1 N–H and O–H groups in total. The van der Waals surface area contributed by atoms with Crippen molar-refractivity contribution in [2.45, 2.75) is 64.5 Å². The molecule has 0 aliphatic carbocycles. The van der Waals surface area contributed by atoms with E-state index >= 15 is 0 Å². The Morgan fingerprint density at radius 2 is 2.12 bits per heavy atom. The summed E-state index contributed by atoms with van der Waals surface area (Å²) in [5.74, 6) is 1.82. The lowest BCUT2D eigenvalue weighted by atomic mass is 10.1. The third-order valence-corrected chi connectivity index (χ3v) is 3.89. The maximum absolute atomic E-state index is 12.9. The molecule has 0 spiro atoms. The smallest absolute Gasteiger partial charge is 0.257 e. The fourth-order valence-electron chi connectivity index (χ4n) is 2.74. The first kappa shape index (κ1) is 19.8. The summed E-state index contributed by atoms with van der Waals surface area (Å²) in [7, 11) is 1.49. The van der Waals surface area contributed by atoms with Crippen LogP contribution in [0.15, 0.2) is 11.8 Å². The van der Waals surface area contributed by atoms with E-state index in [-0.39, 0.29) is 12.3 Å². The fraction of sp³-hybridized carbons (Fsp3) is 0.611. The van der Waals surface area contributed by atoms with Crippen LogP contribution in [0.4, 0.5) is 0 Å². The Bertz CT molecular complexity index is 548. The van der Waals surface area contributed by atoms with Gasteiger partial charge in [0, 0.05) is 18.9 Å². The molecule has 0 aromatic carbocycles. The quantitative estimate of drug-likeness (QED) is 0.652. The van der Waals surface area contributed by atoms with Gasteiger partial charge in [-0.1, -0.05) is 26.7 Å². The summed E-state index contributed by atoms with van der Waals surface area (Å²) in [5, 5.41) is 2.70. The fourth-order valence-corrected chi connectivity index (χ4v) is 2.74. The van der Waals surface area contributed by atoms with Crippen LogP contribution in [0.25, 0.3) is 0 Å². The SMILES string of the molecule is C#CCCC(=O)N[C@@H](CCC)C(=O)N1C(=O)C=C(OC)[C@@H]1CCC. The first-order valence-electron chi connectivity index (χ1n) is 8.35. The molecule has 0 saturated carbocycles. The summed E-state index contributed by atoms with van der Waals surface area (Å²) in [4.78, 5) is 38.2. The van der Waals surface area contributed by atoms with Crippen molar-refractivity contribution in [2.24, 2.45) is 0 Å². The number of rotatable bonds is 9. The van der Waals surface area contributed by atoms with Crippen molar-refractivity contribution in [1.82, 2.24) is 10.2 Å². The van der Waals surface area contributed by atoms with Gasteiger partial charge < -0.3 is 10.1 Å². The van der Waals surface area contributed by atoms with Gasteiger partial charge in [0.05, 0.1) is 13.2 Å². The lowest BCUT2D eigenvalue weighted by Crippen LogP contribution is -2.52.